The van der Waals surface area contributed by atoms with E-state index in [0.29, 0.717) is 25.3 Å². The SMILES string of the molecule is CSC(C)(C)[C@H](N)C(=O)N1CCn2nc(C#N)cc2C1. The number of aromatic nitrogens is 2. The van der Waals surface area contributed by atoms with E-state index in [1.165, 1.54) is 0 Å². The van der Waals surface area contributed by atoms with Gasteiger partial charge >= 0.3 is 0 Å². The van der Waals surface area contributed by atoms with E-state index in [1.807, 2.05) is 26.2 Å². The first-order chi connectivity index (χ1) is 9.39. The average molecular weight is 293 g/mol. The highest BCUT2D eigenvalue weighted by Crippen LogP contribution is 2.26. The van der Waals surface area contributed by atoms with E-state index < -0.39 is 6.04 Å². The van der Waals surface area contributed by atoms with Gasteiger partial charge in [0.05, 0.1) is 24.8 Å². The van der Waals surface area contributed by atoms with E-state index in [1.54, 1.807) is 27.4 Å². The van der Waals surface area contributed by atoms with Crippen molar-refractivity contribution in [2.75, 3.05) is 12.8 Å². The van der Waals surface area contributed by atoms with Gasteiger partial charge in [0.2, 0.25) is 5.91 Å². The molecule has 20 heavy (non-hydrogen) atoms. The van der Waals surface area contributed by atoms with Crippen LogP contribution in [0.2, 0.25) is 0 Å². The molecule has 1 amide bonds. The van der Waals surface area contributed by atoms with Crippen LogP contribution in [0.1, 0.15) is 25.2 Å². The summed E-state index contributed by atoms with van der Waals surface area (Å²) in [5.41, 5.74) is 7.38. The number of carbonyl (C=O) groups is 1. The number of nitrogens with two attached hydrogens (primary N) is 1. The van der Waals surface area contributed by atoms with Gasteiger partial charge in [-0.2, -0.15) is 22.1 Å². The molecular weight excluding hydrogens is 274 g/mol. The molecule has 0 aliphatic carbocycles. The number of rotatable bonds is 3. The van der Waals surface area contributed by atoms with Crippen LogP contribution in [-0.4, -0.2) is 44.2 Å². The summed E-state index contributed by atoms with van der Waals surface area (Å²) < 4.78 is 1.49. The summed E-state index contributed by atoms with van der Waals surface area (Å²) >= 11 is 1.59. The summed E-state index contributed by atoms with van der Waals surface area (Å²) in [5.74, 6) is -0.0460. The van der Waals surface area contributed by atoms with Crippen molar-refractivity contribution in [2.45, 2.75) is 37.7 Å². The maximum Gasteiger partial charge on any atom is 0.241 e. The number of hydrogen-bond donors (Lipinski definition) is 1. The van der Waals surface area contributed by atoms with E-state index in [9.17, 15) is 4.79 Å². The molecule has 2 rings (SSSR count). The number of amides is 1. The van der Waals surface area contributed by atoms with Gasteiger partial charge in [0.25, 0.3) is 0 Å². The van der Waals surface area contributed by atoms with Crippen LogP contribution in [-0.2, 0) is 17.9 Å². The van der Waals surface area contributed by atoms with Gasteiger partial charge in [-0.3, -0.25) is 9.48 Å². The molecule has 0 bridgehead atoms. The fourth-order valence-electron chi connectivity index (χ4n) is 2.13. The van der Waals surface area contributed by atoms with Crippen molar-refractivity contribution < 1.29 is 4.79 Å². The second kappa shape index (κ2) is 5.46. The topological polar surface area (TPSA) is 87.9 Å². The van der Waals surface area contributed by atoms with Crippen molar-refractivity contribution in [3.8, 4) is 6.07 Å². The monoisotopic (exact) mass is 293 g/mol. The van der Waals surface area contributed by atoms with Crippen LogP contribution in [0.3, 0.4) is 0 Å². The van der Waals surface area contributed by atoms with Crippen molar-refractivity contribution >= 4 is 17.7 Å². The highest BCUT2D eigenvalue weighted by Gasteiger charge is 2.35. The summed E-state index contributed by atoms with van der Waals surface area (Å²) in [7, 11) is 0. The van der Waals surface area contributed by atoms with Gasteiger partial charge in [-0.1, -0.05) is 0 Å². The summed E-state index contributed by atoms with van der Waals surface area (Å²) in [4.78, 5) is 14.2. The highest BCUT2D eigenvalue weighted by molar-refractivity contribution is 8.00. The number of nitrogens with zero attached hydrogens (tertiary/aromatic N) is 4. The van der Waals surface area contributed by atoms with Crippen molar-refractivity contribution in [3.63, 3.8) is 0 Å². The van der Waals surface area contributed by atoms with Crippen LogP contribution in [0, 0.1) is 11.3 Å². The Morgan fingerprint density at radius 2 is 2.30 bits per heavy atom. The Morgan fingerprint density at radius 1 is 1.60 bits per heavy atom. The second-order valence-corrected chi connectivity index (χ2v) is 6.86. The first kappa shape index (κ1) is 14.9. The van der Waals surface area contributed by atoms with E-state index in [4.69, 9.17) is 11.0 Å². The molecule has 6 nitrogen and oxygen atoms in total. The first-order valence-electron chi connectivity index (χ1n) is 6.45. The molecule has 1 aliphatic heterocycles. The molecule has 0 aromatic carbocycles. The molecule has 0 saturated carbocycles. The Hall–Kier alpha value is -1.52. The quantitative estimate of drug-likeness (QED) is 0.880. The standard InChI is InChI=1S/C13H19N5OS/c1-13(2,20-3)11(15)12(19)17-4-5-18-10(8-17)6-9(7-14)16-18/h6,11H,4-5,8,15H2,1-3H3/t11-/m1/s1. The van der Waals surface area contributed by atoms with Crippen LogP contribution < -0.4 is 5.73 Å². The smallest absolute Gasteiger partial charge is 0.241 e. The number of thioether (sulfide) groups is 1. The van der Waals surface area contributed by atoms with E-state index >= 15 is 0 Å². The Labute approximate surface area is 122 Å². The normalized spacial score (nSPS) is 16.4. The minimum atomic E-state index is -0.539. The molecular formula is C13H19N5OS. The minimum Gasteiger partial charge on any atom is -0.334 e. The zero-order valence-electron chi connectivity index (χ0n) is 12.0. The largest absolute Gasteiger partial charge is 0.334 e. The molecule has 2 N–H and O–H groups in total. The molecule has 0 unspecified atom stereocenters. The van der Waals surface area contributed by atoms with Gasteiger partial charge in [-0.05, 0) is 26.2 Å². The van der Waals surface area contributed by atoms with Gasteiger partial charge in [0, 0.05) is 11.3 Å². The third-order valence-electron chi connectivity index (χ3n) is 3.77. The predicted octanol–water partition coefficient (Wildman–Crippen LogP) is 0.566. The molecule has 1 aromatic rings. The summed E-state index contributed by atoms with van der Waals surface area (Å²) in [6, 6.07) is 3.21. The Morgan fingerprint density at radius 3 is 2.90 bits per heavy atom. The minimum absolute atomic E-state index is 0.0460. The summed E-state index contributed by atoms with van der Waals surface area (Å²) in [5, 5.41) is 13.0. The van der Waals surface area contributed by atoms with Crippen LogP contribution in [0.4, 0.5) is 0 Å². The number of nitriles is 1. The lowest BCUT2D eigenvalue weighted by molar-refractivity contribution is -0.134. The fraction of sp³-hybridized carbons (Fsp3) is 0.615. The molecule has 2 heterocycles. The lowest BCUT2D eigenvalue weighted by Crippen LogP contribution is -2.54. The molecule has 0 fully saturated rings. The van der Waals surface area contributed by atoms with Gasteiger partial charge in [-0.15, -0.1) is 0 Å². The van der Waals surface area contributed by atoms with Crippen LogP contribution >= 0.6 is 11.8 Å². The Kier molecular flexibility index (Phi) is 4.06. The lowest BCUT2D eigenvalue weighted by Gasteiger charge is -2.35. The van der Waals surface area contributed by atoms with Gasteiger partial charge in [0.15, 0.2) is 5.69 Å². The van der Waals surface area contributed by atoms with E-state index in [0.717, 1.165) is 5.69 Å². The highest BCUT2D eigenvalue weighted by atomic mass is 32.2. The third-order valence-corrected chi connectivity index (χ3v) is 5.07. The molecule has 7 heteroatoms. The van der Waals surface area contributed by atoms with Crippen LogP contribution in [0.15, 0.2) is 6.07 Å². The van der Waals surface area contributed by atoms with Gasteiger partial charge < -0.3 is 10.6 Å². The van der Waals surface area contributed by atoms with Crippen molar-refractivity contribution in [1.29, 1.82) is 5.26 Å². The molecule has 0 radical (unpaired) electrons. The fourth-order valence-corrected chi connectivity index (χ4v) is 2.48. The van der Waals surface area contributed by atoms with Gasteiger partial charge in [-0.25, -0.2) is 0 Å². The molecule has 0 saturated heterocycles. The molecule has 0 spiro atoms. The average Bonchev–Trinajstić information content (AvgIpc) is 2.87. The Balaban J connectivity index is 2.13. The van der Waals surface area contributed by atoms with Gasteiger partial charge in [0.1, 0.15) is 6.07 Å². The maximum absolute atomic E-state index is 12.5. The number of hydrogen-bond acceptors (Lipinski definition) is 5. The second-order valence-electron chi connectivity index (χ2n) is 5.40. The predicted molar refractivity (Wildman–Crippen MR) is 77.9 cm³/mol. The van der Waals surface area contributed by atoms with E-state index in [2.05, 4.69) is 5.10 Å². The molecule has 1 aliphatic rings. The Bertz CT molecular complexity index is 560. The van der Waals surface area contributed by atoms with Crippen LogP contribution in [0.25, 0.3) is 0 Å². The lowest BCUT2D eigenvalue weighted by atomic mass is 10.0. The maximum atomic E-state index is 12.5. The summed E-state index contributed by atoms with van der Waals surface area (Å²) in [6.45, 7) is 5.60. The molecule has 1 atom stereocenters. The molecule has 1 aromatic heterocycles. The zero-order valence-corrected chi connectivity index (χ0v) is 12.8. The van der Waals surface area contributed by atoms with Crippen molar-refractivity contribution in [3.05, 3.63) is 17.5 Å². The van der Waals surface area contributed by atoms with Crippen molar-refractivity contribution in [2.24, 2.45) is 5.73 Å². The summed E-state index contributed by atoms with van der Waals surface area (Å²) in [6.07, 6.45) is 1.96. The molecule has 108 valence electrons. The third kappa shape index (κ3) is 2.67. The zero-order chi connectivity index (χ0) is 14.9. The van der Waals surface area contributed by atoms with E-state index in [-0.39, 0.29) is 10.7 Å². The van der Waals surface area contributed by atoms with Crippen LogP contribution in [0.5, 0.6) is 0 Å². The van der Waals surface area contributed by atoms with Crippen molar-refractivity contribution in [1.82, 2.24) is 14.7 Å². The number of carbonyl (C=O) groups excluding carboxylic acids is 1. The first-order valence-corrected chi connectivity index (χ1v) is 7.68. The number of fused-ring (bicyclic) bond motifs is 1.